The van der Waals surface area contributed by atoms with Crippen LogP contribution in [0, 0.1) is 5.41 Å². The molecule has 2 rings (SSSR count). The maximum absolute atomic E-state index is 5.70. The van der Waals surface area contributed by atoms with Crippen LogP contribution in [0.5, 0.6) is 5.75 Å². The zero-order chi connectivity index (χ0) is 15.1. The van der Waals surface area contributed by atoms with Gasteiger partial charge < -0.3 is 10.1 Å². The first-order valence-electron chi connectivity index (χ1n) is 8.54. The average molecular weight is 289 g/mol. The lowest BCUT2D eigenvalue weighted by atomic mass is 9.75. The lowest BCUT2D eigenvalue weighted by molar-refractivity contribution is 0.198. The predicted molar refractivity (Wildman–Crippen MR) is 89.7 cm³/mol. The van der Waals surface area contributed by atoms with E-state index in [1.165, 1.54) is 37.7 Å². The number of rotatable bonds is 7. The van der Waals surface area contributed by atoms with E-state index in [4.69, 9.17) is 4.74 Å². The van der Waals surface area contributed by atoms with Crippen LogP contribution in [0.1, 0.15) is 64.9 Å². The van der Waals surface area contributed by atoms with Crippen LogP contribution in [0.2, 0.25) is 0 Å². The fourth-order valence-electron chi connectivity index (χ4n) is 3.17. The summed E-state index contributed by atoms with van der Waals surface area (Å²) in [5, 5.41) is 3.72. The van der Waals surface area contributed by atoms with Crippen molar-refractivity contribution in [3.8, 4) is 5.75 Å². The third kappa shape index (κ3) is 5.70. The molecule has 118 valence electrons. The quantitative estimate of drug-likeness (QED) is 0.719. The van der Waals surface area contributed by atoms with Gasteiger partial charge in [0.1, 0.15) is 5.75 Å². The van der Waals surface area contributed by atoms with E-state index >= 15 is 0 Å². The molecule has 1 aromatic rings. The monoisotopic (exact) mass is 289 g/mol. The molecule has 0 radical (unpaired) electrons. The van der Waals surface area contributed by atoms with Gasteiger partial charge in [-0.3, -0.25) is 0 Å². The molecule has 0 aromatic heterocycles. The molecule has 0 bridgehead atoms. The molecule has 2 heteroatoms. The third-order valence-electron chi connectivity index (χ3n) is 4.49. The van der Waals surface area contributed by atoms with E-state index in [-0.39, 0.29) is 0 Å². The Labute approximate surface area is 130 Å². The van der Waals surface area contributed by atoms with Gasteiger partial charge in [0.25, 0.3) is 0 Å². The second-order valence-electron chi connectivity index (χ2n) is 7.18. The molecule has 1 saturated carbocycles. The molecular formula is C19H31NO. The first-order chi connectivity index (χ1) is 10.1. The summed E-state index contributed by atoms with van der Waals surface area (Å²) in [5.74, 6) is 0.992. The highest BCUT2D eigenvalue weighted by Crippen LogP contribution is 2.35. The zero-order valence-corrected chi connectivity index (χ0v) is 14.0. The highest BCUT2D eigenvalue weighted by atomic mass is 16.5. The Kier molecular flexibility index (Phi) is 6.10. The summed E-state index contributed by atoms with van der Waals surface area (Å²) >= 11 is 0. The summed E-state index contributed by atoms with van der Waals surface area (Å²) in [6.45, 7) is 8.76. The number of unbranched alkanes of at least 4 members (excludes halogenated alkanes) is 1. The van der Waals surface area contributed by atoms with Gasteiger partial charge in [-0.15, -0.1) is 0 Å². The van der Waals surface area contributed by atoms with Gasteiger partial charge in [-0.05, 0) is 48.8 Å². The molecule has 1 aliphatic rings. The lowest BCUT2D eigenvalue weighted by Gasteiger charge is -2.35. The van der Waals surface area contributed by atoms with Gasteiger partial charge in [0.2, 0.25) is 0 Å². The van der Waals surface area contributed by atoms with E-state index in [1.807, 2.05) is 0 Å². The fraction of sp³-hybridized carbons (Fsp3) is 0.684. The Balaban J connectivity index is 1.75. The van der Waals surface area contributed by atoms with E-state index in [1.54, 1.807) is 0 Å². The van der Waals surface area contributed by atoms with E-state index < -0.39 is 0 Å². The molecule has 2 nitrogen and oxygen atoms in total. The SMILES string of the molecule is CCCCOc1ccc(CNC2CCCC(C)(C)C2)cc1. The van der Waals surface area contributed by atoms with Crippen molar-refractivity contribution in [3.05, 3.63) is 29.8 Å². The van der Waals surface area contributed by atoms with Crippen LogP contribution < -0.4 is 10.1 Å². The van der Waals surface area contributed by atoms with Gasteiger partial charge in [0.05, 0.1) is 6.61 Å². The minimum atomic E-state index is 0.507. The van der Waals surface area contributed by atoms with Gasteiger partial charge >= 0.3 is 0 Å². The number of ether oxygens (including phenoxy) is 1. The molecule has 1 atom stereocenters. The van der Waals surface area contributed by atoms with Crippen molar-refractivity contribution in [2.24, 2.45) is 5.41 Å². The first-order valence-corrected chi connectivity index (χ1v) is 8.54. The summed E-state index contributed by atoms with van der Waals surface area (Å²) < 4.78 is 5.70. The van der Waals surface area contributed by atoms with Crippen LogP contribution in [0.15, 0.2) is 24.3 Å². The topological polar surface area (TPSA) is 21.3 Å². The summed E-state index contributed by atoms with van der Waals surface area (Å²) in [6, 6.07) is 9.23. The number of nitrogens with one attached hydrogen (secondary N) is 1. The first kappa shape index (κ1) is 16.4. The maximum Gasteiger partial charge on any atom is 0.119 e. The zero-order valence-electron chi connectivity index (χ0n) is 14.0. The molecule has 1 aliphatic carbocycles. The summed E-state index contributed by atoms with van der Waals surface area (Å²) in [6.07, 6.45) is 7.65. The molecule has 1 fully saturated rings. The minimum absolute atomic E-state index is 0.507. The molecule has 0 heterocycles. The van der Waals surface area contributed by atoms with Crippen molar-refractivity contribution in [2.45, 2.75) is 71.9 Å². The second-order valence-corrected chi connectivity index (χ2v) is 7.18. The minimum Gasteiger partial charge on any atom is -0.494 e. The van der Waals surface area contributed by atoms with Crippen LogP contribution in [0.3, 0.4) is 0 Å². The summed E-state index contributed by atoms with van der Waals surface area (Å²) in [4.78, 5) is 0. The standard InChI is InChI=1S/C19H31NO/c1-4-5-13-21-18-10-8-16(9-11-18)15-20-17-7-6-12-19(2,3)14-17/h8-11,17,20H,4-7,12-15H2,1-3H3. The molecule has 0 amide bonds. The van der Waals surface area contributed by atoms with Gasteiger partial charge in [0.15, 0.2) is 0 Å². The van der Waals surface area contributed by atoms with Gasteiger partial charge in [-0.25, -0.2) is 0 Å². The maximum atomic E-state index is 5.70. The fourth-order valence-corrected chi connectivity index (χ4v) is 3.17. The Morgan fingerprint density at radius 2 is 2.00 bits per heavy atom. The van der Waals surface area contributed by atoms with E-state index in [0.717, 1.165) is 25.3 Å². The van der Waals surface area contributed by atoms with Gasteiger partial charge in [-0.2, -0.15) is 0 Å². The number of benzene rings is 1. The third-order valence-corrected chi connectivity index (χ3v) is 4.49. The molecule has 1 unspecified atom stereocenters. The molecule has 0 saturated heterocycles. The lowest BCUT2D eigenvalue weighted by Crippen LogP contribution is -2.36. The van der Waals surface area contributed by atoms with E-state index in [0.29, 0.717) is 11.5 Å². The van der Waals surface area contributed by atoms with Crippen LogP contribution in [-0.2, 0) is 6.54 Å². The largest absolute Gasteiger partial charge is 0.494 e. The number of hydrogen-bond acceptors (Lipinski definition) is 2. The highest BCUT2D eigenvalue weighted by Gasteiger charge is 2.27. The molecule has 0 aliphatic heterocycles. The summed E-state index contributed by atoms with van der Waals surface area (Å²) in [7, 11) is 0. The van der Waals surface area contributed by atoms with Gasteiger partial charge in [0, 0.05) is 12.6 Å². The van der Waals surface area contributed by atoms with Crippen molar-refractivity contribution in [3.63, 3.8) is 0 Å². The normalized spacial score (nSPS) is 21.2. The Bertz CT molecular complexity index is 410. The molecule has 1 N–H and O–H groups in total. The molecule has 1 aromatic carbocycles. The van der Waals surface area contributed by atoms with Crippen molar-refractivity contribution in [1.29, 1.82) is 0 Å². The van der Waals surface area contributed by atoms with E-state index in [9.17, 15) is 0 Å². The molecular weight excluding hydrogens is 258 g/mol. The molecule has 0 spiro atoms. The highest BCUT2D eigenvalue weighted by molar-refractivity contribution is 5.27. The van der Waals surface area contributed by atoms with Crippen molar-refractivity contribution >= 4 is 0 Å². The van der Waals surface area contributed by atoms with Crippen molar-refractivity contribution in [2.75, 3.05) is 6.61 Å². The average Bonchev–Trinajstić information content (AvgIpc) is 2.46. The number of hydrogen-bond donors (Lipinski definition) is 1. The van der Waals surface area contributed by atoms with Crippen LogP contribution >= 0.6 is 0 Å². The second kappa shape index (κ2) is 7.84. The van der Waals surface area contributed by atoms with Gasteiger partial charge in [-0.1, -0.05) is 45.7 Å². The van der Waals surface area contributed by atoms with Crippen molar-refractivity contribution < 1.29 is 4.74 Å². The smallest absolute Gasteiger partial charge is 0.119 e. The van der Waals surface area contributed by atoms with Crippen LogP contribution in [0.4, 0.5) is 0 Å². The summed E-state index contributed by atoms with van der Waals surface area (Å²) in [5.41, 5.74) is 1.86. The molecule has 21 heavy (non-hydrogen) atoms. The predicted octanol–water partition coefficient (Wildman–Crippen LogP) is 4.92. The Hall–Kier alpha value is -1.02. The van der Waals surface area contributed by atoms with Crippen molar-refractivity contribution in [1.82, 2.24) is 5.32 Å². The Morgan fingerprint density at radius 3 is 2.67 bits per heavy atom. The Morgan fingerprint density at radius 1 is 1.24 bits per heavy atom. The van der Waals surface area contributed by atoms with Crippen LogP contribution in [0.25, 0.3) is 0 Å². The van der Waals surface area contributed by atoms with Crippen LogP contribution in [-0.4, -0.2) is 12.6 Å². The van der Waals surface area contributed by atoms with E-state index in [2.05, 4.69) is 50.4 Å².